The molecule has 0 radical (unpaired) electrons. The summed E-state index contributed by atoms with van der Waals surface area (Å²) in [6.45, 7) is 11.9. The highest BCUT2D eigenvalue weighted by Gasteiger charge is 2.05. The van der Waals surface area contributed by atoms with Gasteiger partial charge < -0.3 is 15.3 Å². The van der Waals surface area contributed by atoms with Crippen molar-refractivity contribution in [3.63, 3.8) is 0 Å². The van der Waals surface area contributed by atoms with Gasteiger partial charge in [-0.3, -0.25) is 0 Å². The van der Waals surface area contributed by atoms with E-state index in [0.29, 0.717) is 12.0 Å². The van der Waals surface area contributed by atoms with Gasteiger partial charge in [0.05, 0.1) is 17.8 Å². The van der Waals surface area contributed by atoms with E-state index in [-0.39, 0.29) is 12.2 Å². The first kappa shape index (κ1) is 27.6. The second-order valence-electron chi connectivity index (χ2n) is 6.79. The summed E-state index contributed by atoms with van der Waals surface area (Å²) in [7, 11) is 0. The fraction of sp³-hybridized carbons (Fsp3) is 0.609. The molecule has 0 spiro atoms. The number of aliphatic hydroxyl groups is 2. The van der Waals surface area contributed by atoms with E-state index in [9.17, 15) is 4.79 Å². The summed E-state index contributed by atoms with van der Waals surface area (Å²) in [6.07, 6.45) is 8.82. The van der Waals surface area contributed by atoms with Crippen LogP contribution in [0.4, 0.5) is 0 Å². The van der Waals surface area contributed by atoms with Crippen LogP contribution in [-0.4, -0.2) is 33.5 Å². The normalized spacial score (nSPS) is 13.1. The highest BCUT2D eigenvalue weighted by molar-refractivity contribution is 5.87. The quantitative estimate of drug-likeness (QED) is 0.456. The minimum atomic E-state index is -0.879. The summed E-state index contributed by atoms with van der Waals surface area (Å²) < 4.78 is 0. The van der Waals surface area contributed by atoms with Gasteiger partial charge in [0.25, 0.3) is 0 Å². The van der Waals surface area contributed by atoms with Crippen LogP contribution in [0.5, 0.6) is 0 Å². The van der Waals surface area contributed by atoms with Crippen molar-refractivity contribution in [3.05, 3.63) is 48.6 Å². The van der Waals surface area contributed by atoms with Crippen LogP contribution < -0.4 is 0 Å². The van der Waals surface area contributed by atoms with Gasteiger partial charge in [-0.25, -0.2) is 4.79 Å². The van der Waals surface area contributed by atoms with Crippen molar-refractivity contribution >= 4 is 5.97 Å². The van der Waals surface area contributed by atoms with E-state index in [1.807, 2.05) is 13.0 Å². The number of carbonyl (C=O) groups is 1. The molecule has 0 heterocycles. The molecule has 4 heteroatoms. The van der Waals surface area contributed by atoms with E-state index >= 15 is 0 Å². The minimum absolute atomic E-state index is 0.310. The lowest BCUT2D eigenvalue weighted by Gasteiger charge is -2.09. The van der Waals surface area contributed by atoms with Crippen LogP contribution in [0.15, 0.2) is 43.0 Å². The number of carboxylic acids is 1. The van der Waals surface area contributed by atoms with Gasteiger partial charge in [0.15, 0.2) is 0 Å². The average Bonchev–Trinajstić information content (AvgIpc) is 2.63. The summed E-state index contributed by atoms with van der Waals surface area (Å²) >= 11 is 0. The number of rotatable bonds is 10. The van der Waals surface area contributed by atoms with Gasteiger partial charge in [-0.2, -0.15) is 0 Å². The summed E-state index contributed by atoms with van der Waals surface area (Å²) in [6, 6.07) is 8.30. The van der Waals surface area contributed by atoms with Gasteiger partial charge in [0.2, 0.25) is 0 Å². The molecule has 3 atom stereocenters. The molecule has 0 fully saturated rings. The Hall–Kier alpha value is -1.65. The van der Waals surface area contributed by atoms with E-state index in [1.165, 1.54) is 25.7 Å². The molecule has 0 aliphatic heterocycles. The second-order valence-corrected chi connectivity index (χ2v) is 6.79. The standard InChI is InChI=1S/C9H18.C7H6O2.C7H16O2/c1-4-7-9(6-3)8-5-2;8-7(9)6-4-2-1-3-5-6;1-3-4-7(9)5-6(2)8/h4,9H,1,5-8H2,2-3H3;1-5H,(H,8,9);6-9H,3-5H2,1-2H3. The lowest BCUT2D eigenvalue weighted by Crippen LogP contribution is -2.13. The first-order chi connectivity index (χ1) is 12.8. The zero-order chi connectivity index (χ0) is 21.1. The van der Waals surface area contributed by atoms with E-state index in [4.69, 9.17) is 15.3 Å². The third-order valence-corrected chi connectivity index (χ3v) is 4.03. The Morgan fingerprint density at radius 1 is 1.07 bits per heavy atom. The summed E-state index contributed by atoms with van der Waals surface area (Å²) in [5.74, 6) is 0.0168. The van der Waals surface area contributed by atoms with Crippen molar-refractivity contribution in [2.24, 2.45) is 5.92 Å². The molecule has 3 unspecified atom stereocenters. The Morgan fingerprint density at radius 3 is 1.96 bits per heavy atom. The molecule has 3 N–H and O–H groups in total. The SMILES string of the molecule is C=CCC(CC)CCC.CCCC(O)CC(C)O.O=C(O)c1ccccc1. The smallest absolute Gasteiger partial charge is 0.335 e. The van der Waals surface area contributed by atoms with Crippen molar-refractivity contribution in [2.75, 3.05) is 0 Å². The van der Waals surface area contributed by atoms with Crippen LogP contribution in [0.25, 0.3) is 0 Å². The number of aliphatic hydroxyl groups excluding tert-OH is 2. The lowest BCUT2D eigenvalue weighted by molar-refractivity contribution is 0.0696. The van der Waals surface area contributed by atoms with Crippen molar-refractivity contribution < 1.29 is 20.1 Å². The van der Waals surface area contributed by atoms with Crippen molar-refractivity contribution in [2.45, 2.75) is 84.8 Å². The molecule has 0 saturated carbocycles. The maximum absolute atomic E-state index is 10.2. The zero-order valence-corrected chi connectivity index (χ0v) is 17.6. The maximum Gasteiger partial charge on any atom is 0.335 e. The molecule has 0 amide bonds. The van der Waals surface area contributed by atoms with Crippen molar-refractivity contribution in [1.82, 2.24) is 0 Å². The molecule has 1 aromatic carbocycles. The van der Waals surface area contributed by atoms with Crippen molar-refractivity contribution in [3.8, 4) is 0 Å². The lowest BCUT2D eigenvalue weighted by atomic mass is 9.97. The zero-order valence-electron chi connectivity index (χ0n) is 17.6. The Morgan fingerprint density at radius 2 is 1.63 bits per heavy atom. The van der Waals surface area contributed by atoms with Gasteiger partial charge in [-0.15, -0.1) is 6.58 Å². The van der Waals surface area contributed by atoms with E-state index in [1.54, 1.807) is 37.3 Å². The highest BCUT2D eigenvalue weighted by Crippen LogP contribution is 2.14. The summed E-state index contributed by atoms with van der Waals surface area (Å²) in [5, 5.41) is 26.2. The molecule has 0 aliphatic carbocycles. The van der Waals surface area contributed by atoms with E-state index in [2.05, 4.69) is 20.4 Å². The third kappa shape index (κ3) is 18.9. The van der Waals surface area contributed by atoms with E-state index < -0.39 is 5.97 Å². The molecule has 0 aromatic heterocycles. The van der Waals surface area contributed by atoms with Gasteiger partial charge in [0.1, 0.15) is 0 Å². The van der Waals surface area contributed by atoms with Crippen LogP contribution in [0.2, 0.25) is 0 Å². The van der Waals surface area contributed by atoms with Gasteiger partial charge in [-0.1, -0.05) is 70.7 Å². The third-order valence-electron chi connectivity index (χ3n) is 4.03. The Balaban J connectivity index is 0. The predicted octanol–water partition coefficient (Wildman–Crippen LogP) is 5.69. The molecule has 4 nitrogen and oxygen atoms in total. The Bertz CT molecular complexity index is 457. The number of allylic oxidation sites excluding steroid dienone is 1. The summed E-state index contributed by atoms with van der Waals surface area (Å²) in [5.41, 5.74) is 0.331. The molecule has 1 rings (SSSR count). The van der Waals surface area contributed by atoms with Crippen LogP contribution in [0.3, 0.4) is 0 Å². The molecular formula is C23H40O4. The fourth-order valence-electron chi connectivity index (χ4n) is 2.56. The number of benzene rings is 1. The molecule has 27 heavy (non-hydrogen) atoms. The Labute approximate surface area is 166 Å². The van der Waals surface area contributed by atoms with Gasteiger partial charge in [0, 0.05) is 0 Å². The number of hydrogen-bond donors (Lipinski definition) is 3. The number of aromatic carboxylic acids is 1. The van der Waals surface area contributed by atoms with E-state index in [0.717, 1.165) is 18.8 Å². The molecule has 1 aromatic rings. The van der Waals surface area contributed by atoms with Crippen LogP contribution in [0.1, 0.15) is 83.0 Å². The molecular weight excluding hydrogens is 340 g/mol. The molecule has 0 saturated heterocycles. The van der Waals surface area contributed by atoms with Gasteiger partial charge >= 0.3 is 5.97 Å². The van der Waals surface area contributed by atoms with Crippen LogP contribution in [-0.2, 0) is 0 Å². The topological polar surface area (TPSA) is 77.8 Å². The first-order valence-corrected chi connectivity index (χ1v) is 10.1. The maximum atomic E-state index is 10.2. The molecule has 0 bridgehead atoms. The average molecular weight is 381 g/mol. The second kappa shape index (κ2) is 19.1. The molecule has 156 valence electrons. The van der Waals surface area contributed by atoms with Crippen molar-refractivity contribution in [1.29, 1.82) is 0 Å². The number of carboxylic acid groups (broad SMARTS) is 1. The largest absolute Gasteiger partial charge is 0.478 e. The highest BCUT2D eigenvalue weighted by atomic mass is 16.4. The van der Waals surface area contributed by atoms with Gasteiger partial charge in [-0.05, 0) is 44.2 Å². The minimum Gasteiger partial charge on any atom is -0.478 e. The monoisotopic (exact) mass is 380 g/mol. The molecule has 0 aliphatic rings. The fourth-order valence-corrected chi connectivity index (χ4v) is 2.56. The predicted molar refractivity (Wildman–Crippen MR) is 114 cm³/mol. The van der Waals surface area contributed by atoms with Crippen LogP contribution in [0, 0.1) is 5.92 Å². The first-order valence-electron chi connectivity index (χ1n) is 10.1. The summed E-state index contributed by atoms with van der Waals surface area (Å²) in [4.78, 5) is 10.2. The van der Waals surface area contributed by atoms with Crippen LogP contribution >= 0.6 is 0 Å². The number of hydrogen-bond acceptors (Lipinski definition) is 3. The Kier molecular flexibility index (Phi) is 19.5.